The van der Waals surface area contributed by atoms with E-state index in [1.807, 2.05) is 18.2 Å². The number of nitrogens with zero attached hydrogens (tertiary/aromatic N) is 2. The topological polar surface area (TPSA) is 75.0 Å². The molecule has 0 fully saturated rings. The van der Waals surface area contributed by atoms with Crippen molar-refractivity contribution in [1.82, 2.24) is 10.3 Å². The quantitative estimate of drug-likeness (QED) is 0.310. The van der Waals surface area contributed by atoms with Crippen molar-refractivity contribution >= 4 is 23.1 Å². The first kappa shape index (κ1) is 28.7. The number of hydrogen-bond acceptors (Lipinski definition) is 4. The van der Waals surface area contributed by atoms with E-state index in [-0.39, 0.29) is 18.4 Å². The molecule has 0 spiro atoms. The second-order valence-electron chi connectivity index (χ2n) is 9.42. The Kier molecular flexibility index (Phi) is 9.18. The van der Waals surface area contributed by atoms with Crippen LogP contribution in [-0.2, 0) is 17.4 Å². The van der Waals surface area contributed by atoms with Crippen molar-refractivity contribution in [3.8, 4) is 11.9 Å². The average molecular weight is 542 g/mol. The maximum atomic E-state index is 13.2. The maximum Gasteiger partial charge on any atom is 0.417 e. The first-order chi connectivity index (χ1) is 17.9. The summed E-state index contributed by atoms with van der Waals surface area (Å²) in [5.41, 5.74) is 2.07. The number of carbonyl (C=O) groups is 1. The molecule has 198 valence electrons. The molecule has 9 heteroatoms. The molecule has 3 aromatic rings. The second-order valence-corrected chi connectivity index (χ2v) is 9.86. The van der Waals surface area contributed by atoms with E-state index in [2.05, 4.69) is 16.4 Å². The minimum absolute atomic E-state index is 0.0490. The SMILES string of the molecule is C/C(NC(=O)C(C)(C)CCOc1ccc(C(F)(F)F)cn1)=C(\Cc1ccc(Cl)cc1)c1cccc(C#N)c1. The minimum atomic E-state index is -4.47. The van der Waals surface area contributed by atoms with Crippen LogP contribution in [0, 0.1) is 16.7 Å². The van der Waals surface area contributed by atoms with Gasteiger partial charge in [-0.3, -0.25) is 4.79 Å². The van der Waals surface area contributed by atoms with Crippen molar-refractivity contribution in [3.63, 3.8) is 0 Å². The van der Waals surface area contributed by atoms with Crippen molar-refractivity contribution in [2.75, 3.05) is 6.61 Å². The first-order valence-electron chi connectivity index (χ1n) is 11.8. The monoisotopic (exact) mass is 541 g/mol. The zero-order chi connectivity index (χ0) is 27.9. The molecule has 3 rings (SSSR count). The summed E-state index contributed by atoms with van der Waals surface area (Å²) in [6, 6.07) is 18.8. The van der Waals surface area contributed by atoms with E-state index >= 15 is 0 Å². The fourth-order valence-corrected chi connectivity index (χ4v) is 3.73. The van der Waals surface area contributed by atoms with Crippen LogP contribution in [0.4, 0.5) is 13.2 Å². The highest BCUT2D eigenvalue weighted by Crippen LogP contribution is 2.30. The summed E-state index contributed by atoms with van der Waals surface area (Å²) in [7, 11) is 0. The average Bonchev–Trinajstić information content (AvgIpc) is 2.88. The Hall–Kier alpha value is -3.83. The van der Waals surface area contributed by atoms with E-state index in [0.717, 1.165) is 28.8 Å². The predicted octanol–water partition coefficient (Wildman–Crippen LogP) is 7.21. The van der Waals surface area contributed by atoms with Gasteiger partial charge in [-0.25, -0.2) is 4.98 Å². The van der Waals surface area contributed by atoms with Crippen LogP contribution in [0.2, 0.25) is 5.02 Å². The number of alkyl halides is 3. The molecule has 0 atom stereocenters. The Bertz CT molecular complexity index is 1340. The lowest BCUT2D eigenvalue weighted by Gasteiger charge is -2.25. The molecule has 1 aromatic heterocycles. The highest BCUT2D eigenvalue weighted by atomic mass is 35.5. The van der Waals surface area contributed by atoms with Crippen molar-refractivity contribution in [1.29, 1.82) is 5.26 Å². The number of carbonyl (C=O) groups excluding carboxylic acids is 1. The molecule has 5 nitrogen and oxygen atoms in total. The predicted molar refractivity (Wildman–Crippen MR) is 140 cm³/mol. The Labute approximate surface area is 224 Å². The van der Waals surface area contributed by atoms with Crippen molar-refractivity contribution in [2.24, 2.45) is 5.41 Å². The van der Waals surface area contributed by atoms with Gasteiger partial charge in [-0.05, 0) is 66.8 Å². The highest BCUT2D eigenvalue weighted by molar-refractivity contribution is 6.30. The molecular weight excluding hydrogens is 515 g/mol. The molecule has 1 amide bonds. The zero-order valence-corrected chi connectivity index (χ0v) is 22.0. The third kappa shape index (κ3) is 7.83. The van der Waals surface area contributed by atoms with E-state index in [1.54, 1.807) is 51.1 Å². The molecule has 0 saturated carbocycles. The summed E-state index contributed by atoms with van der Waals surface area (Å²) in [5, 5.41) is 13.0. The Balaban J connectivity index is 1.74. The van der Waals surface area contributed by atoms with Gasteiger partial charge in [-0.15, -0.1) is 0 Å². The van der Waals surface area contributed by atoms with Crippen LogP contribution in [0.1, 0.15) is 49.4 Å². The van der Waals surface area contributed by atoms with E-state index in [9.17, 15) is 23.2 Å². The molecule has 0 aliphatic rings. The van der Waals surface area contributed by atoms with Crippen molar-refractivity contribution in [2.45, 2.75) is 39.8 Å². The van der Waals surface area contributed by atoms with Gasteiger partial charge in [0.25, 0.3) is 0 Å². The Morgan fingerprint density at radius 2 is 1.82 bits per heavy atom. The number of ether oxygens (including phenoxy) is 1. The number of nitriles is 1. The summed E-state index contributed by atoms with van der Waals surface area (Å²) in [4.78, 5) is 16.9. The lowest BCUT2D eigenvalue weighted by Crippen LogP contribution is -2.37. The number of amides is 1. The summed E-state index contributed by atoms with van der Waals surface area (Å²) >= 11 is 6.03. The van der Waals surface area contributed by atoms with Gasteiger partial charge in [0.05, 0.1) is 23.8 Å². The van der Waals surface area contributed by atoms with Gasteiger partial charge < -0.3 is 10.1 Å². The Morgan fingerprint density at radius 1 is 1.11 bits per heavy atom. The molecule has 1 heterocycles. The summed E-state index contributed by atoms with van der Waals surface area (Å²) < 4.78 is 43.6. The van der Waals surface area contributed by atoms with Crippen LogP contribution in [-0.4, -0.2) is 17.5 Å². The van der Waals surface area contributed by atoms with Gasteiger partial charge >= 0.3 is 6.18 Å². The number of aromatic nitrogens is 1. The normalized spacial score (nSPS) is 12.4. The lowest BCUT2D eigenvalue weighted by atomic mass is 9.88. The van der Waals surface area contributed by atoms with Gasteiger partial charge in [-0.2, -0.15) is 18.4 Å². The van der Waals surface area contributed by atoms with Gasteiger partial charge in [0.1, 0.15) is 0 Å². The van der Waals surface area contributed by atoms with Gasteiger partial charge in [0.15, 0.2) is 0 Å². The van der Waals surface area contributed by atoms with E-state index in [0.29, 0.717) is 35.3 Å². The largest absolute Gasteiger partial charge is 0.478 e. The number of allylic oxidation sites excluding steroid dienone is 2. The van der Waals surface area contributed by atoms with Crippen molar-refractivity contribution in [3.05, 3.63) is 99.8 Å². The minimum Gasteiger partial charge on any atom is -0.478 e. The van der Waals surface area contributed by atoms with E-state index < -0.39 is 17.2 Å². The second kappa shape index (κ2) is 12.1. The van der Waals surface area contributed by atoms with Crippen LogP contribution in [0.3, 0.4) is 0 Å². The van der Waals surface area contributed by atoms with E-state index in [4.69, 9.17) is 16.3 Å². The van der Waals surface area contributed by atoms with Crippen LogP contribution in [0.5, 0.6) is 5.88 Å². The summed E-state index contributed by atoms with van der Waals surface area (Å²) in [5.74, 6) is -0.197. The molecule has 1 N–H and O–H groups in total. The molecule has 0 aliphatic carbocycles. The number of nitrogens with one attached hydrogen (secondary N) is 1. The standard InChI is InChI=1S/C29H27ClF3N3O2/c1-19(25(16-20-7-10-24(30)11-8-20)22-6-4-5-21(15-22)17-34)36-27(37)28(2,3)13-14-38-26-12-9-23(18-35-26)29(31,32)33/h4-12,15,18H,13-14,16H2,1-3H3,(H,36,37)/b25-19-. The molecule has 0 bridgehead atoms. The third-order valence-corrected chi connectivity index (χ3v) is 6.30. The number of hydrogen-bond donors (Lipinski definition) is 1. The molecule has 38 heavy (non-hydrogen) atoms. The number of rotatable bonds is 9. The third-order valence-electron chi connectivity index (χ3n) is 6.04. The van der Waals surface area contributed by atoms with Crippen molar-refractivity contribution < 1.29 is 22.7 Å². The first-order valence-corrected chi connectivity index (χ1v) is 12.2. The van der Waals surface area contributed by atoms with Gasteiger partial charge in [0, 0.05) is 28.4 Å². The molecular formula is C29H27ClF3N3O2. The van der Waals surface area contributed by atoms with E-state index in [1.165, 1.54) is 0 Å². The number of benzene rings is 2. The number of pyridine rings is 1. The van der Waals surface area contributed by atoms with Crippen LogP contribution < -0.4 is 10.1 Å². The fourth-order valence-electron chi connectivity index (χ4n) is 3.61. The van der Waals surface area contributed by atoms with Crippen LogP contribution >= 0.6 is 11.6 Å². The highest BCUT2D eigenvalue weighted by Gasteiger charge is 2.31. The summed E-state index contributed by atoms with van der Waals surface area (Å²) in [6.07, 6.45) is -2.96. The number of halogens is 4. The lowest BCUT2D eigenvalue weighted by molar-refractivity contribution is -0.138. The van der Waals surface area contributed by atoms with Crippen LogP contribution in [0.25, 0.3) is 5.57 Å². The molecule has 0 radical (unpaired) electrons. The molecule has 0 unspecified atom stereocenters. The van der Waals surface area contributed by atoms with Gasteiger partial charge in [-0.1, -0.05) is 49.7 Å². The molecule has 0 aliphatic heterocycles. The maximum absolute atomic E-state index is 13.2. The Morgan fingerprint density at radius 3 is 2.42 bits per heavy atom. The zero-order valence-electron chi connectivity index (χ0n) is 21.2. The van der Waals surface area contributed by atoms with Crippen LogP contribution in [0.15, 0.2) is 72.6 Å². The molecule has 0 saturated heterocycles. The summed E-state index contributed by atoms with van der Waals surface area (Å²) in [6.45, 7) is 5.41. The fraction of sp³-hybridized carbons (Fsp3) is 0.276. The van der Waals surface area contributed by atoms with Gasteiger partial charge in [0.2, 0.25) is 11.8 Å². The smallest absolute Gasteiger partial charge is 0.417 e. The molecule has 2 aromatic carbocycles.